The molecule has 2 nitrogen and oxygen atoms in total. The maximum absolute atomic E-state index is 6.10. The van der Waals surface area contributed by atoms with Gasteiger partial charge in [-0.3, -0.25) is 4.90 Å². The van der Waals surface area contributed by atoms with Crippen LogP contribution >= 0.6 is 0 Å². The molecule has 0 spiro atoms. The van der Waals surface area contributed by atoms with Crippen LogP contribution in [0.5, 0.6) is 0 Å². The first-order valence-corrected chi connectivity index (χ1v) is 7.71. The van der Waals surface area contributed by atoms with Gasteiger partial charge in [-0.05, 0) is 30.9 Å². The Kier molecular flexibility index (Phi) is 5.00. The van der Waals surface area contributed by atoms with Crippen molar-refractivity contribution in [2.24, 2.45) is 5.73 Å². The molecule has 2 N–H and O–H groups in total. The number of hydrogen-bond acceptors (Lipinski definition) is 2. The van der Waals surface area contributed by atoms with Gasteiger partial charge in [0.05, 0.1) is 0 Å². The zero-order valence-electron chi connectivity index (χ0n) is 12.5. The summed E-state index contributed by atoms with van der Waals surface area (Å²) in [5, 5.41) is 0. The average molecular weight is 260 g/mol. The van der Waals surface area contributed by atoms with E-state index in [-0.39, 0.29) is 5.54 Å². The lowest BCUT2D eigenvalue weighted by atomic mass is 9.88. The van der Waals surface area contributed by atoms with Crippen LogP contribution in [-0.4, -0.2) is 23.5 Å². The summed E-state index contributed by atoms with van der Waals surface area (Å²) in [6.45, 7) is 7.58. The summed E-state index contributed by atoms with van der Waals surface area (Å²) < 4.78 is 0. The molecule has 1 aromatic rings. The zero-order chi connectivity index (χ0) is 13.7. The standard InChI is InChI=1S/C17H28N2/c1-3-4-7-11-17(2,14-18)19-12-10-15-8-5-6-9-16(15)13-19/h5-6,8-9H,3-4,7,10-14,18H2,1-2H3. The van der Waals surface area contributed by atoms with Crippen molar-refractivity contribution in [3.8, 4) is 0 Å². The van der Waals surface area contributed by atoms with E-state index in [1.54, 1.807) is 0 Å². The Hall–Kier alpha value is -0.860. The van der Waals surface area contributed by atoms with E-state index in [9.17, 15) is 0 Å². The van der Waals surface area contributed by atoms with Gasteiger partial charge in [0.1, 0.15) is 0 Å². The average Bonchev–Trinajstić information content (AvgIpc) is 2.47. The van der Waals surface area contributed by atoms with Gasteiger partial charge in [-0.1, -0.05) is 50.5 Å². The van der Waals surface area contributed by atoms with Gasteiger partial charge < -0.3 is 5.73 Å². The third-order valence-corrected chi connectivity index (χ3v) is 4.65. The first kappa shape index (κ1) is 14.5. The normalized spacial score (nSPS) is 18.9. The molecule has 0 aliphatic carbocycles. The molecule has 1 heterocycles. The number of fused-ring (bicyclic) bond motifs is 1. The fraction of sp³-hybridized carbons (Fsp3) is 0.647. The van der Waals surface area contributed by atoms with Crippen molar-refractivity contribution in [2.75, 3.05) is 13.1 Å². The van der Waals surface area contributed by atoms with Gasteiger partial charge in [0.15, 0.2) is 0 Å². The molecule has 1 aromatic carbocycles. The van der Waals surface area contributed by atoms with Crippen LogP contribution in [0.25, 0.3) is 0 Å². The second kappa shape index (κ2) is 6.53. The molecule has 0 aromatic heterocycles. The van der Waals surface area contributed by atoms with Gasteiger partial charge in [0, 0.05) is 25.2 Å². The van der Waals surface area contributed by atoms with Crippen LogP contribution in [-0.2, 0) is 13.0 Å². The van der Waals surface area contributed by atoms with Crippen molar-refractivity contribution < 1.29 is 0 Å². The van der Waals surface area contributed by atoms with Gasteiger partial charge in [-0.2, -0.15) is 0 Å². The largest absolute Gasteiger partial charge is 0.329 e. The van der Waals surface area contributed by atoms with Crippen molar-refractivity contribution in [1.82, 2.24) is 4.90 Å². The van der Waals surface area contributed by atoms with Crippen LogP contribution in [0.4, 0.5) is 0 Å². The molecule has 0 amide bonds. The molecule has 0 bridgehead atoms. The highest BCUT2D eigenvalue weighted by Crippen LogP contribution is 2.28. The summed E-state index contributed by atoms with van der Waals surface area (Å²) in [5.41, 5.74) is 9.28. The molecule has 2 rings (SSSR count). The molecule has 0 saturated carbocycles. The van der Waals surface area contributed by atoms with E-state index in [1.165, 1.54) is 43.2 Å². The molecule has 0 radical (unpaired) electrons. The summed E-state index contributed by atoms with van der Waals surface area (Å²) >= 11 is 0. The van der Waals surface area contributed by atoms with Crippen LogP contribution in [0.2, 0.25) is 0 Å². The number of hydrogen-bond donors (Lipinski definition) is 1. The smallest absolute Gasteiger partial charge is 0.0307 e. The molecule has 1 aliphatic heterocycles. The summed E-state index contributed by atoms with van der Waals surface area (Å²) in [6.07, 6.45) is 6.28. The molecular weight excluding hydrogens is 232 g/mol. The molecule has 0 fully saturated rings. The van der Waals surface area contributed by atoms with Crippen LogP contribution in [0, 0.1) is 0 Å². The van der Waals surface area contributed by atoms with Crippen LogP contribution in [0.15, 0.2) is 24.3 Å². The van der Waals surface area contributed by atoms with Crippen LogP contribution < -0.4 is 5.73 Å². The lowest BCUT2D eigenvalue weighted by molar-refractivity contribution is 0.0841. The first-order chi connectivity index (χ1) is 9.19. The highest BCUT2D eigenvalue weighted by Gasteiger charge is 2.32. The fourth-order valence-electron chi connectivity index (χ4n) is 3.10. The van der Waals surface area contributed by atoms with E-state index in [0.717, 1.165) is 19.6 Å². The Balaban J connectivity index is 2.04. The van der Waals surface area contributed by atoms with Gasteiger partial charge in [-0.15, -0.1) is 0 Å². The molecule has 0 saturated heterocycles. The first-order valence-electron chi connectivity index (χ1n) is 7.71. The quantitative estimate of drug-likeness (QED) is 0.795. The van der Waals surface area contributed by atoms with E-state index < -0.39 is 0 Å². The second-order valence-corrected chi connectivity index (χ2v) is 6.10. The Bertz CT molecular complexity index is 402. The van der Waals surface area contributed by atoms with Crippen LogP contribution in [0.1, 0.15) is 50.7 Å². The van der Waals surface area contributed by atoms with E-state index >= 15 is 0 Å². The fourth-order valence-corrected chi connectivity index (χ4v) is 3.10. The number of rotatable bonds is 6. The van der Waals surface area contributed by atoms with Gasteiger partial charge in [0.25, 0.3) is 0 Å². The van der Waals surface area contributed by atoms with Crippen molar-refractivity contribution in [1.29, 1.82) is 0 Å². The van der Waals surface area contributed by atoms with Gasteiger partial charge >= 0.3 is 0 Å². The topological polar surface area (TPSA) is 29.3 Å². The summed E-state index contributed by atoms with van der Waals surface area (Å²) in [5.74, 6) is 0. The maximum Gasteiger partial charge on any atom is 0.0307 e. The minimum absolute atomic E-state index is 0.169. The lowest BCUT2D eigenvalue weighted by Gasteiger charge is -2.43. The highest BCUT2D eigenvalue weighted by molar-refractivity contribution is 5.29. The van der Waals surface area contributed by atoms with E-state index in [2.05, 4.69) is 43.0 Å². The Morgan fingerprint density at radius 2 is 1.95 bits per heavy atom. The molecule has 19 heavy (non-hydrogen) atoms. The molecule has 1 unspecified atom stereocenters. The SMILES string of the molecule is CCCCCC(C)(CN)N1CCc2ccccc2C1. The third-order valence-electron chi connectivity index (χ3n) is 4.65. The van der Waals surface area contributed by atoms with Crippen molar-refractivity contribution in [3.05, 3.63) is 35.4 Å². The van der Waals surface area contributed by atoms with Crippen LogP contribution in [0.3, 0.4) is 0 Å². The summed E-state index contributed by atoms with van der Waals surface area (Å²) in [4.78, 5) is 2.60. The molecule has 1 atom stereocenters. The predicted octanol–water partition coefficient (Wildman–Crippen LogP) is 3.34. The van der Waals surface area contributed by atoms with E-state index in [0.29, 0.717) is 0 Å². The maximum atomic E-state index is 6.10. The Morgan fingerprint density at radius 1 is 1.21 bits per heavy atom. The predicted molar refractivity (Wildman–Crippen MR) is 82.2 cm³/mol. The number of nitrogens with two attached hydrogens (primary N) is 1. The van der Waals surface area contributed by atoms with Crippen molar-refractivity contribution >= 4 is 0 Å². The van der Waals surface area contributed by atoms with E-state index in [1.807, 2.05) is 0 Å². The summed E-state index contributed by atoms with van der Waals surface area (Å²) in [6, 6.07) is 8.84. The van der Waals surface area contributed by atoms with Gasteiger partial charge in [0.2, 0.25) is 0 Å². The number of unbranched alkanes of at least 4 members (excludes halogenated alkanes) is 2. The van der Waals surface area contributed by atoms with Crippen molar-refractivity contribution in [3.63, 3.8) is 0 Å². The zero-order valence-corrected chi connectivity index (χ0v) is 12.5. The molecule has 2 heteroatoms. The Labute approximate surface area is 118 Å². The molecular formula is C17H28N2. The summed E-state index contributed by atoms with van der Waals surface area (Å²) in [7, 11) is 0. The lowest BCUT2D eigenvalue weighted by Crippen LogP contribution is -2.53. The van der Waals surface area contributed by atoms with E-state index in [4.69, 9.17) is 5.73 Å². The van der Waals surface area contributed by atoms with Crippen molar-refractivity contribution in [2.45, 2.75) is 58.0 Å². The third kappa shape index (κ3) is 3.37. The molecule has 1 aliphatic rings. The monoisotopic (exact) mass is 260 g/mol. The van der Waals surface area contributed by atoms with Gasteiger partial charge in [-0.25, -0.2) is 0 Å². The minimum Gasteiger partial charge on any atom is -0.329 e. The minimum atomic E-state index is 0.169. The number of nitrogens with zero attached hydrogens (tertiary/aromatic N) is 1. The Morgan fingerprint density at radius 3 is 2.63 bits per heavy atom. The number of benzene rings is 1. The second-order valence-electron chi connectivity index (χ2n) is 6.10. The molecule has 106 valence electrons. The highest BCUT2D eigenvalue weighted by atomic mass is 15.2.